The first-order valence-corrected chi connectivity index (χ1v) is 5.88. The van der Waals surface area contributed by atoms with Gasteiger partial charge in [0.2, 0.25) is 0 Å². The van der Waals surface area contributed by atoms with Gasteiger partial charge < -0.3 is 15.0 Å². The number of benzene rings is 1. The molecule has 1 amide bonds. The lowest BCUT2D eigenvalue weighted by molar-refractivity contribution is -0.131. The fourth-order valence-electron chi connectivity index (χ4n) is 1.44. The molecule has 1 N–H and O–H groups in total. The minimum atomic E-state index is -0.315. The van der Waals surface area contributed by atoms with E-state index in [1.54, 1.807) is 25.1 Å². The molecule has 1 rings (SSSR count). The van der Waals surface area contributed by atoms with Gasteiger partial charge in [-0.05, 0) is 32.2 Å². The van der Waals surface area contributed by atoms with Crippen LogP contribution in [0.15, 0.2) is 18.2 Å². The molecule has 0 heterocycles. The maximum Gasteiger partial charge on any atom is 0.260 e. The summed E-state index contributed by atoms with van der Waals surface area (Å²) in [5, 5.41) is 2.93. The van der Waals surface area contributed by atoms with Crippen LogP contribution in [0.4, 0.5) is 4.39 Å². The highest BCUT2D eigenvalue weighted by atomic mass is 19.1. The van der Waals surface area contributed by atoms with E-state index in [9.17, 15) is 9.18 Å². The molecule has 5 heteroatoms. The number of nitrogens with zero attached hydrogens (tertiary/aromatic N) is 1. The molecule has 0 unspecified atom stereocenters. The Hall–Kier alpha value is -1.62. The predicted octanol–water partition coefficient (Wildman–Crippen LogP) is 1.40. The molecule has 0 aliphatic heterocycles. The average Bonchev–Trinajstić information content (AvgIpc) is 2.37. The summed E-state index contributed by atoms with van der Waals surface area (Å²) in [4.78, 5) is 13.2. The third kappa shape index (κ3) is 4.00. The lowest BCUT2D eigenvalue weighted by Gasteiger charge is -2.16. The summed E-state index contributed by atoms with van der Waals surface area (Å²) >= 11 is 0. The number of amides is 1. The highest BCUT2D eigenvalue weighted by molar-refractivity contribution is 5.77. The van der Waals surface area contributed by atoms with Gasteiger partial charge >= 0.3 is 0 Å². The van der Waals surface area contributed by atoms with Gasteiger partial charge in [0.05, 0.1) is 0 Å². The summed E-state index contributed by atoms with van der Waals surface area (Å²) in [7, 11) is 3.48. The van der Waals surface area contributed by atoms with Crippen LogP contribution >= 0.6 is 0 Å². The molecular weight excluding hydrogens is 235 g/mol. The van der Waals surface area contributed by atoms with E-state index in [0.29, 0.717) is 24.4 Å². The van der Waals surface area contributed by atoms with E-state index in [1.807, 2.05) is 6.92 Å². The summed E-state index contributed by atoms with van der Waals surface area (Å²) < 4.78 is 18.5. The van der Waals surface area contributed by atoms with Crippen molar-refractivity contribution in [3.05, 3.63) is 29.6 Å². The molecule has 0 aromatic heterocycles. The van der Waals surface area contributed by atoms with Gasteiger partial charge in [0, 0.05) is 25.7 Å². The molecule has 0 aliphatic carbocycles. The van der Waals surface area contributed by atoms with Crippen molar-refractivity contribution in [2.75, 3.05) is 27.2 Å². The Morgan fingerprint density at radius 3 is 2.83 bits per heavy atom. The van der Waals surface area contributed by atoms with Gasteiger partial charge in [-0.2, -0.15) is 0 Å². The Morgan fingerprint density at radius 2 is 2.22 bits per heavy atom. The van der Waals surface area contributed by atoms with E-state index in [4.69, 9.17) is 4.74 Å². The molecule has 1 aromatic carbocycles. The fourth-order valence-corrected chi connectivity index (χ4v) is 1.44. The van der Waals surface area contributed by atoms with E-state index in [2.05, 4.69) is 5.32 Å². The summed E-state index contributed by atoms with van der Waals surface area (Å²) in [6.07, 6.45) is 0. The fraction of sp³-hybridized carbons (Fsp3) is 0.462. The second-order valence-electron chi connectivity index (χ2n) is 3.98. The molecule has 0 saturated carbocycles. The molecule has 0 aliphatic rings. The first kappa shape index (κ1) is 14.4. The molecule has 18 heavy (non-hydrogen) atoms. The van der Waals surface area contributed by atoms with Gasteiger partial charge in [-0.3, -0.25) is 4.79 Å². The molecule has 0 saturated heterocycles. The SMILES string of the molecule is CCN(C)C(=O)COc1ccc(F)cc1CNC. The number of nitrogens with one attached hydrogen (secondary N) is 1. The van der Waals surface area contributed by atoms with Crippen LogP contribution in [-0.4, -0.2) is 38.1 Å². The van der Waals surface area contributed by atoms with Gasteiger partial charge in [-0.15, -0.1) is 0 Å². The average molecular weight is 254 g/mol. The first-order chi connectivity index (χ1) is 8.58. The van der Waals surface area contributed by atoms with Crippen LogP contribution in [0, 0.1) is 5.82 Å². The Kier molecular flexibility index (Phi) is 5.58. The number of likely N-dealkylation sites (N-methyl/N-ethyl adjacent to an activating group) is 1. The summed E-state index contributed by atoms with van der Waals surface area (Å²) in [6, 6.07) is 4.27. The number of hydrogen-bond acceptors (Lipinski definition) is 3. The van der Waals surface area contributed by atoms with Crippen molar-refractivity contribution in [2.45, 2.75) is 13.5 Å². The monoisotopic (exact) mass is 254 g/mol. The standard InChI is InChI=1S/C13H19FN2O2/c1-4-16(3)13(17)9-18-12-6-5-11(14)7-10(12)8-15-2/h5-7,15H,4,8-9H2,1-3H3. The van der Waals surface area contributed by atoms with Crippen molar-refractivity contribution in [3.8, 4) is 5.75 Å². The topological polar surface area (TPSA) is 41.6 Å². The summed E-state index contributed by atoms with van der Waals surface area (Å²) in [6.45, 7) is 2.98. The van der Waals surface area contributed by atoms with Crippen molar-refractivity contribution in [3.63, 3.8) is 0 Å². The summed E-state index contributed by atoms with van der Waals surface area (Å²) in [5.74, 6) is 0.116. The molecule has 0 bridgehead atoms. The Balaban J connectivity index is 2.69. The second kappa shape index (κ2) is 6.96. The molecule has 0 radical (unpaired) electrons. The third-order valence-electron chi connectivity index (χ3n) is 2.64. The van der Waals surface area contributed by atoms with Crippen molar-refractivity contribution >= 4 is 5.91 Å². The molecule has 0 spiro atoms. The third-order valence-corrected chi connectivity index (χ3v) is 2.64. The number of halogens is 1. The number of hydrogen-bond donors (Lipinski definition) is 1. The van der Waals surface area contributed by atoms with Gasteiger partial charge in [-0.1, -0.05) is 0 Å². The smallest absolute Gasteiger partial charge is 0.260 e. The molecule has 100 valence electrons. The molecular formula is C13H19FN2O2. The van der Waals surface area contributed by atoms with E-state index >= 15 is 0 Å². The van der Waals surface area contributed by atoms with Crippen LogP contribution < -0.4 is 10.1 Å². The predicted molar refractivity (Wildman–Crippen MR) is 68.0 cm³/mol. The molecule has 1 aromatic rings. The minimum absolute atomic E-state index is 0.0350. The number of rotatable bonds is 6. The van der Waals surface area contributed by atoms with Gasteiger partial charge in [0.1, 0.15) is 11.6 Å². The van der Waals surface area contributed by atoms with Crippen molar-refractivity contribution in [1.82, 2.24) is 10.2 Å². The number of carbonyl (C=O) groups is 1. The molecule has 4 nitrogen and oxygen atoms in total. The number of ether oxygens (including phenoxy) is 1. The lowest BCUT2D eigenvalue weighted by Crippen LogP contribution is -2.31. The van der Waals surface area contributed by atoms with Crippen molar-refractivity contribution < 1.29 is 13.9 Å². The molecule has 0 atom stereocenters. The maximum atomic E-state index is 13.1. The Bertz CT molecular complexity index is 410. The highest BCUT2D eigenvalue weighted by Gasteiger charge is 2.10. The van der Waals surface area contributed by atoms with Crippen LogP contribution in [0.3, 0.4) is 0 Å². The highest BCUT2D eigenvalue weighted by Crippen LogP contribution is 2.19. The normalized spacial score (nSPS) is 10.2. The zero-order chi connectivity index (χ0) is 13.5. The van der Waals surface area contributed by atoms with Crippen LogP contribution in [0.25, 0.3) is 0 Å². The van der Waals surface area contributed by atoms with E-state index in [-0.39, 0.29) is 18.3 Å². The Labute approximate surface area is 107 Å². The van der Waals surface area contributed by atoms with E-state index < -0.39 is 0 Å². The zero-order valence-corrected chi connectivity index (χ0v) is 11.0. The van der Waals surface area contributed by atoms with Gasteiger partial charge in [0.15, 0.2) is 6.61 Å². The Morgan fingerprint density at radius 1 is 1.50 bits per heavy atom. The minimum Gasteiger partial charge on any atom is -0.483 e. The van der Waals surface area contributed by atoms with Crippen molar-refractivity contribution in [1.29, 1.82) is 0 Å². The van der Waals surface area contributed by atoms with Crippen molar-refractivity contribution in [2.24, 2.45) is 0 Å². The maximum absolute atomic E-state index is 13.1. The largest absolute Gasteiger partial charge is 0.483 e. The quantitative estimate of drug-likeness (QED) is 0.834. The van der Waals surface area contributed by atoms with Crippen LogP contribution in [0.2, 0.25) is 0 Å². The van der Waals surface area contributed by atoms with Crippen LogP contribution in [0.1, 0.15) is 12.5 Å². The van der Waals surface area contributed by atoms with Gasteiger partial charge in [0.25, 0.3) is 5.91 Å². The lowest BCUT2D eigenvalue weighted by atomic mass is 10.2. The number of carbonyl (C=O) groups excluding carboxylic acids is 1. The van der Waals surface area contributed by atoms with E-state index in [1.165, 1.54) is 12.1 Å². The molecule has 0 fully saturated rings. The summed E-state index contributed by atoms with van der Waals surface area (Å²) in [5.41, 5.74) is 0.699. The zero-order valence-electron chi connectivity index (χ0n) is 11.0. The van der Waals surface area contributed by atoms with Crippen LogP contribution in [-0.2, 0) is 11.3 Å². The first-order valence-electron chi connectivity index (χ1n) is 5.88. The second-order valence-corrected chi connectivity index (χ2v) is 3.98. The van der Waals surface area contributed by atoms with E-state index in [0.717, 1.165) is 0 Å². The van der Waals surface area contributed by atoms with Gasteiger partial charge in [-0.25, -0.2) is 4.39 Å². The van der Waals surface area contributed by atoms with Crippen LogP contribution in [0.5, 0.6) is 5.75 Å².